The number of hydrogen-bond donors (Lipinski definition) is 7. The first-order chi connectivity index (χ1) is 19.5. The van der Waals surface area contributed by atoms with Crippen molar-refractivity contribution in [3.63, 3.8) is 0 Å². The zero-order valence-corrected chi connectivity index (χ0v) is 21.6. The Hall–Kier alpha value is -3.99. The molecule has 2 aliphatic rings. The lowest BCUT2D eigenvalue weighted by Crippen LogP contribution is -2.60. The van der Waals surface area contributed by atoms with Gasteiger partial charge in [-0.15, -0.1) is 0 Å². The van der Waals surface area contributed by atoms with Crippen LogP contribution in [0.1, 0.15) is 12.0 Å². The highest BCUT2D eigenvalue weighted by molar-refractivity contribution is 5.89. The smallest absolute Gasteiger partial charge is 0.335 e. The summed E-state index contributed by atoms with van der Waals surface area (Å²) in [5, 5.41) is 68.5. The van der Waals surface area contributed by atoms with Crippen LogP contribution >= 0.6 is 0 Å². The number of aliphatic hydroxyl groups is 4. The van der Waals surface area contributed by atoms with E-state index in [1.807, 2.05) is 0 Å². The van der Waals surface area contributed by atoms with Crippen LogP contribution in [0.5, 0.6) is 11.5 Å². The molecule has 7 atom stereocenters. The maximum Gasteiger partial charge on any atom is 0.335 e. The molecule has 41 heavy (non-hydrogen) atoms. The molecule has 15 heteroatoms. The van der Waals surface area contributed by atoms with E-state index in [0.717, 1.165) is 19.4 Å². The molecule has 2 aliphatic heterocycles. The molecule has 0 spiro atoms. The predicted octanol–water partition coefficient (Wildman–Crippen LogP) is -1.10. The summed E-state index contributed by atoms with van der Waals surface area (Å²) in [5.74, 6) is -5.03. The predicted molar refractivity (Wildman–Crippen MR) is 133 cm³/mol. The van der Waals surface area contributed by atoms with E-state index >= 15 is 0 Å². The number of carbonyl (C=O) groups excluding carboxylic acids is 2. The Kier molecular flexibility index (Phi) is 10.8. The normalized spacial score (nSPS) is 29.0. The second kappa shape index (κ2) is 14.1. The van der Waals surface area contributed by atoms with E-state index in [4.69, 9.17) is 18.9 Å². The van der Waals surface area contributed by atoms with Gasteiger partial charge in [-0.25, -0.2) is 9.59 Å². The van der Waals surface area contributed by atoms with Gasteiger partial charge in [0.2, 0.25) is 6.29 Å². The molecule has 1 saturated heterocycles. The van der Waals surface area contributed by atoms with Crippen molar-refractivity contribution in [3.8, 4) is 11.5 Å². The van der Waals surface area contributed by atoms with Crippen LogP contribution in [0.4, 0.5) is 0 Å². The standard InChI is InChI=1S/C26H30O15/c1-37-20(31)9-14-13(6-7-38-19(30)5-3-12-2-4-16(28)17(29)8-12)25(39-11-15(14)24(35)36)41-26-23(34)22(33)21(32)18(10-27)40-26/h2-6,8,11,14,18,21-23,25-29,32-34H,7,9-10H2,1H3,(H,35,36)/b5-3+,13-6-/t14-,18+,21+,22-,23+,25-,26-/m0/s1. The van der Waals surface area contributed by atoms with Crippen LogP contribution in [-0.2, 0) is 38.1 Å². The van der Waals surface area contributed by atoms with Gasteiger partial charge in [-0.3, -0.25) is 4.79 Å². The summed E-state index contributed by atoms with van der Waals surface area (Å²) in [6.45, 7) is -1.21. The third kappa shape index (κ3) is 7.81. The van der Waals surface area contributed by atoms with Crippen molar-refractivity contribution in [1.29, 1.82) is 0 Å². The number of carboxylic acids is 1. The van der Waals surface area contributed by atoms with Gasteiger partial charge in [-0.05, 0) is 29.8 Å². The number of benzene rings is 1. The second-order valence-electron chi connectivity index (χ2n) is 8.93. The Bertz CT molecular complexity index is 1200. The monoisotopic (exact) mass is 582 g/mol. The highest BCUT2D eigenvalue weighted by Gasteiger charge is 2.46. The Balaban J connectivity index is 1.84. The number of rotatable bonds is 10. The Morgan fingerprint density at radius 3 is 2.41 bits per heavy atom. The summed E-state index contributed by atoms with van der Waals surface area (Å²) in [7, 11) is 1.10. The van der Waals surface area contributed by atoms with Crippen LogP contribution in [-0.4, -0.2) is 111 Å². The molecule has 0 aliphatic carbocycles. The van der Waals surface area contributed by atoms with E-state index in [1.165, 1.54) is 30.4 Å². The molecular formula is C26H30O15. The van der Waals surface area contributed by atoms with Gasteiger partial charge in [0.05, 0.1) is 32.0 Å². The minimum absolute atomic E-state index is 0.0347. The van der Waals surface area contributed by atoms with Crippen molar-refractivity contribution in [2.75, 3.05) is 20.3 Å². The molecule has 3 rings (SSSR count). The molecule has 7 N–H and O–H groups in total. The zero-order chi connectivity index (χ0) is 30.3. The van der Waals surface area contributed by atoms with E-state index in [-0.39, 0.29) is 16.9 Å². The summed E-state index contributed by atoms with van der Waals surface area (Å²) < 4.78 is 26.2. The van der Waals surface area contributed by atoms with E-state index < -0.39 is 86.2 Å². The lowest BCUT2D eigenvalue weighted by molar-refractivity contribution is -0.327. The fraction of sp³-hybridized carbons (Fsp3) is 0.423. The molecule has 2 heterocycles. The van der Waals surface area contributed by atoms with Crippen LogP contribution in [0, 0.1) is 5.92 Å². The number of aliphatic hydroxyl groups excluding tert-OH is 4. The van der Waals surface area contributed by atoms with Gasteiger partial charge in [0.25, 0.3) is 0 Å². The molecule has 0 aromatic heterocycles. The molecule has 224 valence electrons. The van der Waals surface area contributed by atoms with E-state index in [2.05, 4.69) is 4.74 Å². The average Bonchev–Trinajstić information content (AvgIpc) is 2.94. The number of methoxy groups -OCH3 is 1. The third-order valence-electron chi connectivity index (χ3n) is 6.28. The summed E-state index contributed by atoms with van der Waals surface area (Å²) in [4.78, 5) is 36.2. The van der Waals surface area contributed by atoms with Crippen LogP contribution in [0.2, 0.25) is 0 Å². The van der Waals surface area contributed by atoms with E-state index in [0.29, 0.717) is 5.56 Å². The first-order valence-electron chi connectivity index (χ1n) is 12.1. The van der Waals surface area contributed by atoms with Crippen LogP contribution < -0.4 is 0 Å². The summed E-state index contributed by atoms with van der Waals surface area (Å²) in [6, 6.07) is 3.86. The summed E-state index contributed by atoms with van der Waals surface area (Å²) >= 11 is 0. The van der Waals surface area contributed by atoms with Crippen molar-refractivity contribution >= 4 is 24.0 Å². The number of hydrogen-bond acceptors (Lipinski definition) is 14. The maximum atomic E-state index is 12.2. The van der Waals surface area contributed by atoms with Gasteiger partial charge in [0.15, 0.2) is 17.8 Å². The number of aliphatic carboxylic acids is 1. The fourth-order valence-corrected chi connectivity index (χ4v) is 4.04. The number of aromatic hydroxyl groups is 2. The second-order valence-corrected chi connectivity index (χ2v) is 8.93. The molecule has 0 unspecified atom stereocenters. The van der Waals surface area contributed by atoms with Crippen molar-refractivity contribution in [2.45, 2.75) is 43.4 Å². The molecule has 0 amide bonds. The molecule has 1 fully saturated rings. The summed E-state index contributed by atoms with van der Waals surface area (Å²) in [6.07, 6.45) is -5.91. The molecule has 15 nitrogen and oxygen atoms in total. The lowest BCUT2D eigenvalue weighted by Gasteiger charge is -2.41. The molecule has 1 aromatic carbocycles. The van der Waals surface area contributed by atoms with Crippen LogP contribution in [0.15, 0.2) is 47.8 Å². The third-order valence-corrected chi connectivity index (χ3v) is 6.28. The van der Waals surface area contributed by atoms with Crippen molar-refractivity contribution in [1.82, 2.24) is 0 Å². The van der Waals surface area contributed by atoms with Crippen LogP contribution in [0.3, 0.4) is 0 Å². The van der Waals surface area contributed by atoms with Crippen molar-refractivity contribution < 1.29 is 73.8 Å². The molecular weight excluding hydrogens is 552 g/mol. The Labute approximate surface area is 232 Å². The quantitative estimate of drug-likeness (QED) is 0.0750. The average molecular weight is 583 g/mol. The fourth-order valence-electron chi connectivity index (χ4n) is 4.04. The highest BCUT2D eigenvalue weighted by Crippen LogP contribution is 2.36. The number of phenolic OH excluding ortho intramolecular Hbond substituents is 2. The number of esters is 2. The number of ether oxygens (including phenoxy) is 5. The van der Waals surface area contributed by atoms with Gasteiger partial charge in [-0.1, -0.05) is 6.07 Å². The number of carbonyl (C=O) groups is 3. The van der Waals surface area contributed by atoms with Gasteiger partial charge in [0.1, 0.15) is 31.0 Å². The summed E-state index contributed by atoms with van der Waals surface area (Å²) in [5.41, 5.74) is -0.0279. The zero-order valence-electron chi connectivity index (χ0n) is 21.6. The van der Waals surface area contributed by atoms with Gasteiger partial charge >= 0.3 is 17.9 Å². The Morgan fingerprint density at radius 2 is 1.78 bits per heavy atom. The minimum Gasteiger partial charge on any atom is -0.504 e. The number of carboxylic acid groups (broad SMARTS) is 1. The first kappa shape index (κ1) is 31.5. The van der Waals surface area contributed by atoms with Gasteiger partial charge < -0.3 is 59.4 Å². The Morgan fingerprint density at radius 1 is 1.05 bits per heavy atom. The SMILES string of the molecule is COC(=O)C[C@@H]1C(C(=O)O)=CO[C@@H](O[C@@H]2O[C@H](CO)[C@@H](O)[C@H](O)[C@H]2O)/C1=C\COC(=O)/C=C/c1ccc(O)c(O)c1. The highest BCUT2D eigenvalue weighted by atomic mass is 16.8. The molecule has 0 bridgehead atoms. The van der Waals surface area contributed by atoms with Gasteiger partial charge in [0, 0.05) is 17.6 Å². The van der Waals surface area contributed by atoms with Gasteiger partial charge in [-0.2, -0.15) is 0 Å². The van der Waals surface area contributed by atoms with Crippen LogP contribution in [0.25, 0.3) is 6.08 Å². The van der Waals surface area contributed by atoms with E-state index in [1.54, 1.807) is 0 Å². The minimum atomic E-state index is -1.82. The largest absolute Gasteiger partial charge is 0.504 e. The number of phenols is 2. The topological polar surface area (TPSA) is 239 Å². The first-order valence-corrected chi connectivity index (χ1v) is 12.1. The van der Waals surface area contributed by atoms with Crippen molar-refractivity contribution in [3.05, 3.63) is 53.3 Å². The molecule has 0 saturated carbocycles. The van der Waals surface area contributed by atoms with E-state index in [9.17, 15) is 50.1 Å². The maximum absolute atomic E-state index is 12.2. The molecule has 1 aromatic rings. The molecule has 0 radical (unpaired) electrons. The lowest BCUT2D eigenvalue weighted by atomic mass is 9.86. The van der Waals surface area contributed by atoms with Crippen molar-refractivity contribution in [2.24, 2.45) is 5.92 Å².